The summed E-state index contributed by atoms with van der Waals surface area (Å²) in [6.07, 6.45) is 0. The van der Waals surface area contributed by atoms with Crippen molar-refractivity contribution in [2.24, 2.45) is 0 Å². The van der Waals surface area contributed by atoms with Crippen molar-refractivity contribution in [2.75, 3.05) is 18.8 Å². The van der Waals surface area contributed by atoms with E-state index in [1.807, 2.05) is 0 Å². The third kappa shape index (κ3) is 1.71. The summed E-state index contributed by atoms with van der Waals surface area (Å²) in [5, 5.41) is 9.32. The van der Waals surface area contributed by atoms with Crippen molar-refractivity contribution in [1.82, 2.24) is 20.4 Å². The molecule has 0 spiro atoms. The Hall–Kier alpha value is -2.05. The Bertz CT molecular complexity index is 506. The first kappa shape index (κ1) is 12.4. The number of aromatic nitrogens is 2. The Balaban J connectivity index is 2.34. The number of H-pyrrole nitrogens is 1. The molecule has 1 aliphatic rings. The number of nitrogens with two attached hydrogens (primary N) is 1. The number of aromatic amines is 1. The summed E-state index contributed by atoms with van der Waals surface area (Å²) in [7, 11) is 0. The molecule has 18 heavy (non-hydrogen) atoms. The number of piperazine rings is 1. The predicted molar refractivity (Wildman–Crippen MR) is 65.9 cm³/mol. The summed E-state index contributed by atoms with van der Waals surface area (Å²) in [5.74, 6) is -0.496. The van der Waals surface area contributed by atoms with Crippen LogP contribution in [-0.2, 0) is 4.79 Å². The molecule has 1 aromatic rings. The first-order valence-electron chi connectivity index (χ1n) is 5.76. The second kappa shape index (κ2) is 4.01. The molecule has 0 atom stereocenters. The largest absolute Gasteiger partial charge is 0.395 e. The highest BCUT2D eigenvalue weighted by molar-refractivity contribution is 6.01. The fraction of sp³-hybridized carbons (Fsp3) is 0.545. The van der Waals surface area contributed by atoms with Crippen LogP contribution in [0.25, 0.3) is 0 Å². The molecule has 2 rings (SSSR count). The van der Waals surface area contributed by atoms with Gasteiger partial charge >= 0.3 is 0 Å². The number of nitrogens with one attached hydrogen (secondary N) is 2. The van der Waals surface area contributed by atoms with Gasteiger partial charge in [-0.3, -0.25) is 14.7 Å². The summed E-state index contributed by atoms with van der Waals surface area (Å²) in [6, 6.07) is 0. The van der Waals surface area contributed by atoms with E-state index in [0.29, 0.717) is 24.5 Å². The molecular weight excluding hydrogens is 234 g/mol. The number of anilines is 1. The maximum Gasteiger partial charge on any atom is 0.277 e. The third-order valence-corrected chi connectivity index (χ3v) is 3.29. The van der Waals surface area contributed by atoms with E-state index in [9.17, 15) is 9.59 Å². The molecule has 2 heterocycles. The van der Waals surface area contributed by atoms with Crippen LogP contribution in [0.3, 0.4) is 0 Å². The van der Waals surface area contributed by atoms with Gasteiger partial charge < -0.3 is 16.0 Å². The molecule has 1 aliphatic heterocycles. The molecule has 1 aromatic heterocycles. The number of nitrogens with zero attached hydrogens (tertiary/aromatic N) is 2. The highest BCUT2D eigenvalue weighted by atomic mass is 16.2. The van der Waals surface area contributed by atoms with Crippen molar-refractivity contribution in [3.8, 4) is 0 Å². The molecule has 4 N–H and O–H groups in total. The topological polar surface area (TPSA) is 104 Å². The number of nitrogen functional groups attached to an aromatic ring is 1. The Morgan fingerprint density at radius 1 is 1.50 bits per heavy atom. The van der Waals surface area contributed by atoms with Gasteiger partial charge in [0.15, 0.2) is 5.69 Å². The van der Waals surface area contributed by atoms with E-state index in [1.54, 1.807) is 20.8 Å². The number of aryl methyl sites for hydroxylation is 1. The van der Waals surface area contributed by atoms with Gasteiger partial charge in [-0.05, 0) is 20.8 Å². The van der Waals surface area contributed by atoms with Gasteiger partial charge in [-0.25, -0.2) is 0 Å². The van der Waals surface area contributed by atoms with E-state index < -0.39 is 5.54 Å². The minimum absolute atomic E-state index is 0.173. The minimum Gasteiger partial charge on any atom is -0.395 e. The lowest BCUT2D eigenvalue weighted by atomic mass is 9.98. The van der Waals surface area contributed by atoms with E-state index in [2.05, 4.69) is 15.5 Å². The van der Waals surface area contributed by atoms with Crippen LogP contribution in [0.2, 0.25) is 0 Å². The molecule has 1 fully saturated rings. The summed E-state index contributed by atoms with van der Waals surface area (Å²) < 4.78 is 0. The molecule has 0 unspecified atom stereocenters. The van der Waals surface area contributed by atoms with Gasteiger partial charge in [0.1, 0.15) is 5.54 Å². The van der Waals surface area contributed by atoms with E-state index in [-0.39, 0.29) is 17.5 Å². The zero-order valence-corrected chi connectivity index (χ0v) is 10.7. The molecule has 98 valence electrons. The lowest BCUT2D eigenvalue weighted by molar-refractivity contribution is -0.133. The molecule has 0 saturated carbocycles. The van der Waals surface area contributed by atoms with Crippen LogP contribution < -0.4 is 11.1 Å². The number of amides is 2. The monoisotopic (exact) mass is 251 g/mol. The number of carbonyl (C=O) groups excluding carboxylic acids is 2. The van der Waals surface area contributed by atoms with Crippen molar-refractivity contribution < 1.29 is 9.59 Å². The normalized spacial score (nSPS) is 18.6. The van der Waals surface area contributed by atoms with Crippen LogP contribution in [0.1, 0.15) is 30.0 Å². The number of rotatable bonds is 1. The van der Waals surface area contributed by atoms with Crippen molar-refractivity contribution in [1.29, 1.82) is 0 Å². The average molecular weight is 251 g/mol. The quantitative estimate of drug-likeness (QED) is 0.634. The molecule has 0 aromatic carbocycles. The zero-order chi connectivity index (χ0) is 13.5. The summed E-state index contributed by atoms with van der Waals surface area (Å²) in [4.78, 5) is 25.7. The first-order valence-corrected chi connectivity index (χ1v) is 5.76. The van der Waals surface area contributed by atoms with Gasteiger partial charge in [0.05, 0.1) is 11.4 Å². The lowest BCUT2D eigenvalue weighted by Gasteiger charge is -2.40. The van der Waals surface area contributed by atoms with Gasteiger partial charge in [-0.15, -0.1) is 0 Å². The minimum atomic E-state index is -0.894. The summed E-state index contributed by atoms with van der Waals surface area (Å²) in [6.45, 7) is 6.04. The molecule has 7 nitrogen and oxygen atoms in total. The second-order valence-corrected chi connectivity index (χ2v) is 4.88. The average Bonchev–Trinajstić information content (AvgIpc) is 2.63. The smallest absolute Gasteiger partial charge is 0.277 e. The van der Waals surface area contributed by atoms with Crippen molar-refractivity contribution in [2.45, 2.75) is 26.3 Å². The van der Waals surface area contributed by atoms with Gasteiger partial charge in [-0.1, -0.05) is 0 Å². The fourth-order valence-electron chi connectivity index (χ4n) is 1.98. The van der Waals surface area contributed by atoms with Crippen LogP contribution in [0.4, 0.5) is 5.69 Å². The SMILES string of the molecule is Cc1[nH]nc(C(=O)N2CCNC(=O)C2(C)C)c1N. The van der Waals surface area contributed by atoms with Gasteiger partial charge in [0, 0.05) is 13.1 Å². The van der Waals surface area contributed by atoms with Gasteiger partial charge in [0.25, 0.3) is 5.91 Å². The molecule has 7 heteroatoms. The van der Waals surface area contributed by atoms with Crippen molar-refractivity contribution in [3.05, 3.63) is 11.4 Å². The second-order valence-electron chi connectivity index (χ2n) is 4.88. The highest BCUT2D eigenvalue weighted by Gasteiger charge is 2.41. The van der Waals surface area contributed by atoms with Crippen LogP contribution >= 0.6 is 0 Å². The van der Waals surface area contributed by atoms with Crippen molar-refractivity contribution in [3.63, 3.8) is 0 Å². The molecule has 0 radical (unpaired) electrons. The standard InChI is InChI=1S/C11H17N5O2/c1-6-7(12)8(15-14-6)9(17)16-5-4-13-10(18)11(16,2)3/h4-5,12H2,1-3H3,(H,13,18)(H,14,15). The van der Waals surface area contributed by atoms with Crippen LogP contribution in [0.5, 0.6) is 0 Å². The molecule has 2 amide bonds. The molecular formula is C11H17N5O2. The fourth-order valence-corrected chi connectivity index (χ4v) is 1.98. The Labute approximate surface area is 105 Å². The lowest BCUT2D eigenvalue weighted by Crippen LogP contribution is -2.63. The third-order valence-electron chi connectivity index (χ3n) is 3.29. The van der Waals surface area contributed by atoms with E-state index in [4.69, 9.17) is 5.73 Å². The Morgan fingerprint density at radius 3 is 2.72 bits per heavy atom. The van der Waals surface area contributed by atoms with Gasteiger partial charge in [0.2, 0.25) is 5.91 Å². The number of hydrogen-bond donors (Lipinski definition) is 3. The Morgan fingerprint density at radius 2 is 2.17 bits per heavy atom. The Kier molecular flexibility index (Phi) is 2.76. The van der Waals surface area contributed by atoms with Crippen molar-refractivity contribution >= 4 is 17.5 Å². The predicted octanol–water partition coefficient (Wildman–Crippen LogP) is -0.349. The number of hydrogen-bond acceptors (Lipinski definition) is 4. The van der Waals surface area contributed by atoms with E-state index in [0.717, 1.165) is 0 Å². The molecule has 0 aliphatic carbocycles. The highest BCUT2D eigenvalue weighted by Crippen LogP contribution is 2.23. The van der Waals surface area contributed by atoms with Gasteiger partial charge in [-0.2, -0.15) is 5.10 Å². The molecule has 0 bridgehead atoms. The van der Waals surface area contributed by atoms with E-state index >= 15 is 0 Å². The van der Waals surface area contributed by atoms with Crippen LogP contribution in [0, 0.1) is 6.92 Å². The summed E-state index contributed by atoms with van der Waals surface area (Å²) in [5.41, 5.74) is 6.06. The number of carbonyl (C=O) groups is 2. The zero-order valence-electron chi connectivity index (χ0n) is 10.7. The van der Waals surface area contributed by atoms with Crippen LogP contribution in [0.15, 0.2) is 0 Å². The summed E-state index contributed by atoms with van der Waals surface area (Å²) >= 11 is 0. The maximum absolute atomic E-state index is 12.4. The first-order chi connectivity index (χ1) is 8.35. The molecule has 1 saturated heterocycles. The maximum atomic E-state index is 12.4. The van der Waals surface area contributed by atoms with E-state index in [1.165, 1.54) is 4.90 Å². The van der Waals surface area contributed by atoms with Crippen LogP contribution in [-0.4, -0.2) is 45.5 Å².